The van der Waals surface area contributed by atoms with E-state index in [2.05, 4.69) is 5.32 Å². The molecule has 30 heavy (non-hydrogen) atoms. The number of alkyl halides is 3. The summed E-state index contributed by atoms with van der Waals surface area (Å²) in [7, 11) is -3.56. The summed E-state index contributed by atoms with van der Waals surface area (Å²) in [6.07, 6.45) is -3.09. The molecule has 0 aliphatic carbocycles. The number of carbonyl (C=O) groups excluding carboxylic acids is 1. The Balaban J connectivity index is 1.45. The minimum absolute atomic E-state index is 0.154. The first kappa shape index (κ1) is 22.3. The zero-order chi connectivity index (χ0) is 21.8. The molecule has 0 atom stereocenters. The van der Waals surface area contributed by atoms with Gasteiger partial charge >= 0.3 is 6.18 Å². The maximum absolute atomic E-state index is 12.6. The summed E-state index contributed by atoms with van der Waals surface area (Å²) in [6.45, 7) is 0.856. The molecule has 0 aromatic heterocycles. The van der Waals surface area contributed by atoms with E-state index in [0.29, 0.717) is 31.4 Å². The van der Waals surface area contributed by atoms with Crippen LogP contribution in [0.5, 0.6) is 0 Å². The third kappa shape index (κ3) is 5.40. The van der Waals surface area contributed by atoms with Gasteiger partial charge in [-0.2, -0.15) is 17.5 Å². The van der Waals surface area contributed by atoms with Crippen molar-refractivity contribution in [1.29, 1.82) is 0 Å². The number of sulfonamides is 1. The van der Waals surface area contributed by atoms with E-state index in [9.17, 15) is 26.4 Å². The van der Waals surface area contributed by atoms with Crippen molar-refractivity contribution in [3.05, 3.63) is 65.7 Å². The molecule has 0 saturated carbocycles. The minimum atomic E-state index is -4.37. The molecule has 1 saturated heterocycles. The lowest BCUT2D eigenvalue weighted by molar-refractivity contribution is -0.137. The van der Waals surface area contributed by atoms with Crippen molar-refractivity contribution in [2.24, 2.45) is 5.92 Å². The summed E-state index contributed by atoms with van der Waals surface area (Å²) in [5, 5.41) is 2.80. The van der Waals surface area contributed by atoms with E-state index in [-0.39, 0.29) is 29.8 Å². The van der Waals surface area contributed by atoms with Gasteiger partial charge in [0.25, 0.3) is 0 Å². The number of benzene rings is 2. The molecule has 1 aliphatic rings. The molecule has 5 nitrogen and oxygen atoms in total. The first-order valence-electron chi connectivity index (χ1n) is 9.67. The van der Waals surface area contributed by atoms with E-state index in [4.69, 9.17) is 0 Å². The molecule has 2 aromatic rings. The Hall–Kier alpha value is -2.39. The van der Waals surface area contributed by atoms with Gasteiger partial charge in [-0.3, -0.25) is 4.79 Å². The maximum Gasteiger partial charge on any atom is 0.416 e. The second kappa shape index (κ2) is 9.18. The van der Waals surface area contributed by atoms with Gasteiger partial charge in [-0.05, 0) is 49.1 Å². The second-order valence-corrected chi connectivity index (χ2v) is 9.17. The normalized spacial score (nSPS) is 16.4. The number of nitrogens with one attached hydrogen (secondary N) is 1. The van der Waals surface area contributed by atoms with Gasteiger partial charge in [0.05, 0.1) is 10.5 Å². The highest BCUT2D eigenvalue weighted by Crippen LogP contribution is 2.29. The Labute approximate surface area is 173 Å². The lowest BCUT2D eigenvalue weighted by atomic mass is 9.97. The lowest BCUT2D eigenvalue weighted by Crippen LogP contribution is -2.43. The van der Waals surface area contributed by atoms with Gasteiger partial charge in [0.2, 0.25) is 15.9 Å². The van der Waals surface area contributed by atoms with Crippen LogP contribution in [0, 0.1) is 5.92 Å². The fourth-order valence-electron chi connectivity index (χ4n) is 3.43. The molecule has 2 aromatic carbocycles. The van der Waals surface area contributed by atoms with Crippen LogP contribution in [0.1, 0.15) is 24.0 Å². The second-order valence-electron chi connectivity index (χ2n) is 7.23. The monoisotopic (exact) mass is 440 g/mol. The number of amides is 1. The van der Waals surface area contributed by atoms with Crippen LogP contribution in [0.25, 0.3) is 0 Å². The molecule has 9 heteroatoms. The van der Waals surface area contributed by atoms with Gasteiger partial charge in [0.15, 0.2) is 0 Å². The van der Waals surface area contributed by atoms with Gasteiger partial charge < -0.3 is 5.32 Å². The molecule has 0 radical (unpaired) electrons. The van der Waals surface area contributed by atoms with Crippen molar-refractivity contribution in [3.63, 3.8) is 0 Å². The Morgan fingerprint density at radius 3 is 2.17 bits per heavy atom. The van der Waals surface area contributed by atoms with Crippen LogP contribution < -0.4 is 5.32 Å². The molecule has 1 fully saturated rings. The molecule has 1 heterocycles. The van der Waals surface area contributed by atoms with Crippen LogP contribution in [-0.2, 0) is 27.4 Å². The number of rotatable bonds is 6. The fourth-order valence-corrected chi connectivity index (χ4v) is 4.93. The standard InChI is InChI=1S/C21H23F3N2O3S/c22-21(23,24)18-8-6-16(7-9-18)10-13-25-20(27)17-11-14-26(15-12-17)30(28,29)19-4-2-1-3-5-19/h1-9,17H,10-15H2,(H,25,27). The molecule has 0 spiro atoms. The van der Waals surface area contributed by atoms with E-state index < -0.39 is 21.8 Å². The van der Waals surface area contributed by atoms with Crippen LogP contribution in [0.2, 0.25) is 0 Å². The average Bonchev–Trinajstić information content (AvgIpc) is 2.74. The largest absolute Gasteiger partial charge is 0.416 e. The molecule has 1 amide bonds. The highest BCUT2D eigenvalue weighted by atomic mass is 32.2. The van der Waals surface area contributed by atoms with Crippen molar-refractivity contribution in [2.45, 2.75) is 30.3 Å². The Bertz CT molecular complexity index is 953. The van der Waals surface area contributed by atoms with Gasteiger partial charge in [-0.25, -0.2) is 8.42 Å². The van der Waals surface area contributed by atoms with Crippen molar-refractivity contribution < 1.29 is 26.4 Å². The molecule has 1 N–H and O–H groups in total. The molecule has 3 rings (SSSR count). The first-order chi connectivity index (χ1) is 14.2. The van der Waals surface area contributed by atoms with E-state index >= 15 is 0 Å². The summed E-state index contributed by atoms with van der Waals surface area (Å²) in [6, 6.07) is 13.1. The summed E-state index contributed by atoms with van der Waals surface area (Å²) in [4.78, 5) is 12.6. The van der Waals surface area contributed by atoms with Crippen LogP contribution in [-0.4, -0.2) is 38.3 Å². The smallest absolute Gasteiger partial charge is 0.356 e. The van der Waals surface area contributed by atoms with Crippen molar-refractivity contribution in [3.8, 4) is 0 Å². The third-order valence-corrected chi connectivity index (χ3v) is 7.11. The Kier molecular flexibility index (Phi) is 6.82. The maximum atomic E-state index is 12.6. The Morgan fingerprint density at radius 1 is 1.00 bits per heavy atom. The van der Waals surface area contributed by atoms with Crippen LogP contribution in [0.4, 0.5) is 13.2 Å². The van der Waals surface area contributed by atoms with Gasteiger partial charge in [-0.15, -0.1) is 0 Å². The molecule has 0 unspecified atom stereocenters. The van der Waals surface area contributed by atoms with Crippen molar-refractivity contribution >= 4 is 15.9 Å². The summed E-state index contributed by atoms with van der Waals surface area (Å²) >= 11 is 0. The molecule has 0 bridgehead atoms. The van der Waals surface area contributed by atoms with E-state index in [1.54, 1.807) is 30.3 Å². The van der Waals surface area contributed by atoms with E-state index in [0.717, 1.165) is 12.1 Å². The number of hydrogen-bond acceptors (Lipinski definition) is 3. The SMILES string of the molecule is O=C(NCCc1ccc(C(F)(F)F)cc1)C1CCN(S(=O)(=O)c2ccccc2)CC1. The third-order valence-electron chi connectivity index (χ3n) is 5.20. The van der Waals surface area contributed by atoms with Gasteiger partial charge in [0, 0.05) is 25.6 Å². The molecule has 1 aliphatic heterocycles. The molecule has 162 valence electrons. The highest BCUT2D eigenvalue weighted by Gasteiger charge is 2.32. The number of carbonyl (C=O) groups is 1. The summed E-state index contributed by atoms with van der Waals surface area (Å²) in [5.41, 5.74) is -0.000394. The number of piperidine rings is 1. The summed E-state index contributed by atoms with van der Waals surface area (Å²) < 4.78 is 64.4. The highest BCUT2D eigenvalue weighted by molar-refractivity contribution is 7.89. The minimum Gasteiger partial charge on any atom is -0.356 e. The van der Waals surface area contributed by atoms with Crippen molar-refractivity contribution in [1.82, 2.24) is 9.62 Å². The fraction of sp³-hybridized carbons (Fsp3) is 0.381. The molecular weight excluding hydrogens is 417 g/mol. The predicted molar refractivity (Wildman–Crippen MR) is 106 cm³/mol. The topological polar surface area (TPSA) is 66.5 Å². The van der Waals surface area contributed by atoms with Crippen LogP contribution in [0.3, 0.4) is 0 Å². The zero-order valence-electron chi connectivity index (χ0n) is 16.2. The van der Waals surface area contributed by atoms with Crippen LogP contribution in [0.15, 0.2) is 59.5 Å². The van der Waals surface area contributed by atoms with Crippen LogP contribution >= 0.6 is 0 Å². The zero-order valence-corrected chi connectivity index (χ0v) is 17.0. The van der Waals surface area contributed by atoms with Gasteiger partial charge in [-0.1, -0.05) is 30.3 Å². The van der Waals surface area contributed by atoms with E-state index in [1.807, 2.05) is 0 Å². The van der Waals surface area contributed by atoms with Gasteiger partial charge in [0.1, 0.15) is 0 Å². The quantitative estimate of drug-likeness (QED) is 0.748. The van der Waals surface area contributed by atoms with Crippen molar-refractivity contribution in [2.75, 3.05) is 19.6 Å². The molecular formula is C21H23F3N2O3S. The average molecular weight is 440 g/mol. The number of nitrogens with zero attached hydrogens (tertiary/aromatic N) is 1. The predicted octanol–water partition coefficient (Wildman–Crippen LogP) is 3.47. The van der Waals surface area contributed by atoms with E-state index in [1.165, 1.54) is 16.4 Å². The lowest BCUT2D eigenvalue weighted by Gasteiger charge is -2.30. The number of hydrogen-bond donors (Lipinski definition) is 1. The number of halogens is 3. The first-order valence-corrected chi connectivity index (χ1v) is 11.1. The Morgan fingerprint density at radius 2 is 1.60 bits per heavy atom. The summed E-state index contributed by atoms with van der Waals surface area (Å²) in [5.74, 6) is -0.432.